The van der Waals surface area contributed by atoms with E-state index in [0.717, 1.165) is 5.56 Å². The number of nitrogens with one attached hydrogen (secondary N) is 2. The Bertz CT molecular complexity index is 604. The summed E-state index contributed by atoms with van der Waals surface area (Å²) in [4.78, 5) is 26.3. The third-order valence-electron chi connectivity index (χ3n) is 4.26. The van der Waals surface area contributed by atoms with Crippen LogP contribution in [-0.4, -0.2) is 64.8 Å². The highest BCUT2D eigenvalue weighted by Gasteiger charge is 2.33. The minimum atomic E-state index is -1.13. The number of hydrogen-bond donors (Lipinski definition) is 4. The molecule has 1 unspecified atom stereocenters. The van der Waals surface area contributed by atoms with E-state index < -0.39 is 30.7 Å². The molecule has 1 aromatic carbocycles. The SMILES string of the molecule is CC(CO)(CO)NC(=O)CC1C(=O)NCCN1Cc1ccc(F)cc1. The summed E-state index contributed by atoms with van der Waals surface area (Å²) in [5, 5.41) is 23.8. The second-order valence-corrected chi connectivity index (χ2v) is 6.53. The van der Waals surface area contributed by atoms with Crippen LogP contribution in [0.2, 0.25) is 0 Å². The minimum absolute atomic E-state index is 0.0946. The van der Waals surface area contributed by atoms with Crippen LogP contribution in [0.15, 0.2) is 24.3 Å². The predicted octanol–water partition coefficient (Wildman–Crippen LogP) is -0.624. The fraction of sp³-hybridized carbons (Fsp3) is 0.529. The normalized spacial score (nSPS) is 18.7. The summed E-state index contributed by atoms with van der Waals surface area (Å²) >= 11 is 0. The molecule has 1 saturated heterocycles. The topological polar surface area (TPSA) is 102 Å². The fourth-order valence-electron chi connectivity index (χ4n) is 2.69. The van der Waals surface area contributed by atoms with Crippen molar-refractivity contribution in [3.63, 3.8) is 0 Å². The number of hydrogen-bond acceptors (Lipinski definition) is 5. The fourth-order valence-corrected chi connectivity index (χ4v) is 2.69. The number of rotatable bonds is 7. The van der Waals surface area contributed by atoms with Gasteiger partial charge >= 0.3 is 0 Å². The van der Waals surface area contributed by atoms with Gasteiger partial charge in [0.2, 0.25) is 11.8 Å². The Labute approximate surface area is 145 Å². The molecule has 1 aliphatic rings. The Kier molecular flexibility index (Phi) is 6.46. The van der Waals surface area contributed by atoms with Gasteiger partial charge < -0.3 is 20.8 Å². The maximum atomic E-state index is 13.0. The Morgan fingerprint density at radius 1 is 1.36 bits per heavy atom. The van der Waals surface area contributed by atoms with Crippen LogP contribution in [0.5, 0.6) is 0 Å². The standard InChI is InChI=1S/C17H24FN3O4/c1-17(10-22,11-23)20-15(24)8-14-16(25)19-6-7-21(14)9-12-2-4-13(18)5-3-12/h2-5,14,22-23H,6-11H2,1H3,(H,19,25)(H,20,24). The summed E-state index contributed by atoms with van der Waals surface area (Å²) in [6.07, 6.45) is -0.0946. The zero-order valence-corrected chi connectivity index (χ0v) is 14.2. The minimum Gasteiger partial charge on any atom is -0.394 e. The molecule has 7 nitrogen and oxygen atoms in total. The van der Waals surface area contributed by atoms with Crippen molar-refractivity contribution < 1.29 is 24.2 Å². The van der Waals surface area contributed by atoms with E-state index in [2.05, 4.69) is 10.6 Å². The van der Waals surface area contributed by atoms with Crippen molar-refractivity contribution >= 4 is 11.8 Å². The molecule has 1 heterocycles. The summed E-state index contributed by atoms with van der Waals surface area (Å²) < 4.78 is 13.0. The number of nitrogens with zero attached hydrogens (tertiary/aromatic N) is 1. The molecular weight excluding hydrogens is 329 g/mol. The van der Waals surface area contributed by atoms with E-state index in [9.17, 15) is 24.2 Å². The van der Waals surface area contributed by atoms with Crippen molar-refractivity contribution in [1.82, 2.24) is 15.5 Å². The zero-order valence-electron chi connectivity index (χ0n) is 14.2. The monoisotopic (exact) mass is 353 g/mol. The summed E-state index contributed by atoms with van der Waals surface area (Å²) in [6.45, 7) is 2.16. The zero-order chi connectivity index (χ0) is 18.4. The lowest BCUT2D eigenvalue weighted by Crippen LogP contribution is -2.58. The molecule has 0 aromatic heterocycles. The Morgan fingerprint density at radius 2 is 2.00 bits per heavy atom. The Balaban J connectivity index is 2.04. The summed E-state index contributed by atoms with van der Waals surface area (Å²) in [6, 6.07) is 5.34. The van der Waals surface area contributed by atoms with E-state index in [1.807, 2.05) is 4.90 Å². The van der Waals surface area contributed by atoms with Crippen molar-refractivity contribution in [3.05, 3.63) is 35.6 Å². The van der Waals surface area contributed by atoms with Crippen LogP contribution < -0.4 is 10.6 Å². The third kappa shape index (κ3) is 5.22. The average molecular weight is 353 g/mol. The van der Waals surface area contributed by atoms with Gasteiger partial charge in [-0.25, -0.2) is 4.39 Å². The lowest BCUT2D eigenvalue weighted by Gasteiger charge is -2.35. The van der Waals surface area contributed by atoms with Gasteiger partial charge in [-0.1, -0.05) is 12.1 Å². The van der Waals surface area contributed by atoms with Gasteiger partial charge in [0.15, 0.2) is 0 Å². The first-order valence-corrected chi connectivity index (χ1v) is 8.16. The summed E-state index contributed by atoms with van der Waals surface area (Å²) in [5.74, 6) is -1.02. The van der Waals surface area contributed by atoms with E-state index in [4.69, 9.17) is 0 Å². The van der Waals surface area contributed by atoms with Crippen molar-refractivity contribution in [2.45, 2.75) is 31.5 Å². The second-order valence-electron chi connectivity index (χ2n) is 6.53. The summed E-state index contributed by atoms with van der Waals surface area (Å²) in [7, 11) is 0. The number of benzene rings is 1. The van der Waals surface area contributed by atoms with Crippen molar-refractivity contribution in [1.29, 1.82) is 0 Å². The van der Waals surface area contributed by atoms with Gasteiger partial charge in [-0.15, -0.1) is 0 Å². The van der Waals surface area contributed by atoms with E-state index in [1.165, 1.54) is 19.1 Å². The van der Waals surface area contributed by atoms with Gasteiger partial charge in [0.1, 0.15) is 5.82 Å². The van der Waals surface area contributed by atoms with Crippen LogP contribution in [0.4, 0.5) is 4.39 Å². The molecule has 0 spiro atoms. The van der Waals surface area contributed by atoms with Crippen LogP contribution in [0.25, 0.3) is 0 Å². The molecule has 1 aliphatic heterocycles. The Hall–Kier alpha value is -2.03. The molecule has 1 atom stereocenters. The highest BCUT2D eigenvalue weighted by Crippen LogP contribution is 2.15. The molecule has 25 heavy (non-hydrogen) atoms. The number of carbonyl (C=O) groups excluding carboxylic acids is 2. The second kappa shape index (κ2) is 8.37. The average Bonchev–Trinajstić information content (AvgIpc) is 2.59. The highest BCUT2D eigenvalue weighted by molar-refractivity contribution is 5.89. The number of carbonyl (C=O) groups is 2. The predicted molar refractivity (Wildman–Crippen MR) is 88.9 cm³/mol. The molecule has 1 aromatic rings. The molecule has 2 amide bonds. The van der Waals surface area contributed by atoms with Crippen LogP contribution in [0, 0.1) is 5.82 Å². The van der Waals surface area contributed by atoms with E-state index in [-0.39, 0.29) is 18.1 Å². The number of amides is 2. The summed E-state index contributed by atoms with van der Waals surface area (Å²) in [5.41, 5.74) is -0.290. The highest BCUT2D eigenvalue weighted by atomic mass is 19.1. The molecular formula is C17H24FN3O4. The maximum Gasteiger partial charge on any atom is 0.237 e. The van der Waals surface area contributed by atoms with Gasteiger partial charge in [0.25, 0.3) is 0 Å². The van der Waals surface area contributed by atoms with E-state index in [0.29, 0.717) is 19.6 Å². The van der Waals surface area contributed by atoms with Gasteiger partial charge in [0, 0.05) is 19.6 Å². The van der Waals surface area contributed by atoms with Gasteiger partial charge in [-0.2, -0.15) is 0 Å². The van der Waals surface area contributed by atoms with Crippen LogP contribution in [0.3, 0.4) is 0 Å². The maximum absolute atomic E-state index is 13.0. The molecule has 8 heteroatoms. The van der Waals surface area contributed by atoms with Crippen molar-refractivity contribution in [2.75, 3.05) is 26.3 Å². The lowest BCUT2D eigenvalue weighted by molar-refractivity contribution is -0.135. The first kappa shape index (κ1) is 19.3. The molecule has 0 aliphatic carbocycles. The molecule has 0 saturated carbocycles. The van der Waals surface area contributed by atoms with E-state index in [1.54, 1.807) is 12.1 Å². The Morgan fingerprint density at radius 3 is 2.60 bits per heavy atom. The first-order valence-electron chi connectivity index (χ1n) is 8.16. The molecule has 0 radical (unpaired) electrons. The molecule has 2 rings (SSSR count). The van der Waals surface area contributed by atoms with E-state index >= 15 is 0 Å². The number of halogens is 1. The van der Waals surface area contributed by atoms with Crippen molar-refractivity contribution in [2.24, 2.45) is 0 Å². The van der Waals surface area contributed by atoms with Crippen LogP contribution in [0.1, 0.15) is 18.9 Å². The van der Waals surface area contributed by atoms with Gasteiger partial charge in [0.05, 0.1) is 31.2 Å². The number of piperazine rings is 1. The third-order valence-corrected chi connectivity index (χ3v) is 4.26. The molecule has 0 bridgehead atoms. The van der Waals surface area contributed by atoms with Crippen LogP contribution in [-0.2, 0) is 16.1 Å². The van der Waals surface area contributed by atoms with Gasteiger partial charge in [-0.3, -0.25) is 14.5 Å². The quantitative estimate of drug-likeness (QED) is 0.523. The molecule has 138 valence electrons. The number of aliphatic hydroxyl groups is 2. The number of aliphatic hydroxyl groups excluding tert-OH is 2. The molecule has 4 N–H and O–H groups in total. The lowest BCUT2D eigenvalue weighted by atomic mass is 10.0. The molecule has 1 fully saturated rings. The van der Waals surface area contributed by atoms with Crippen LogP contribution >= 0.6 is 0 Å². The van der Waals surface area contributed by atoms with Gasteiger partial charge in [-0.05, 0) is 24.6 Å². The smallest absolute Gasteiger partial charge is 0.237 e. The first-order chi connectivity index (χ1) is 11.9. The largest absolute Gasteiger partial charge is 0.394 e. The van der Waals surface area contributed by atoms with Crippen molar-refractivity contribution in [3.8, 4) is 0 Å².